The first-order valence-electron chi connectivity index (χ1n) is 6.02. The number of halogens is 1. The molecule has 0 aliphatic heterocycles. The fraction of sp³-hybridized carbons (Fsp3) is 0.462. The van der Waals surface area contributed by atoms with E-state index < -0.39 is 6.10 Å². The van der Waals surface area contributed by atoms with Crippen molar-refractivity contribution in [2.45, 2.75) is 25.9 Å². The Kier molecular flexibility index (Phi) is 6.14. The molecular weight excluding hydrogens is 235 g/mol. The van der Waals surface area contributed by atoms with Crippen molar-refractivity contribution >= 4 is 6.03 Å². The largest absolute Gasteiger partial charge is 0.392 e. The highest BCUT2D eigenvalue weighted by molar-refractivity contribution is 5.73. The average molecular weight is 254 g/mol. The normalized spacial score (nSPS) is 11.9. The summed E-state index contributed by atoms with van der Waals surface area (Å²) in [6.45, 7) is 2.35. The molecule has 0 fully saturated rings. The molecule has 0 unspecified atom stereocenters. The van der Waals surface area contributed by atoms with Gasteiger partial charge in [-0.3, -0.25) is 0 Å². The first-order valence-corrected chi connectivity index (χ1v) is 6.02. The zero-order chi connectivity index (χ0) is 13.4. The summed E-state index contributed by atoms with van der Waals surface area (Å²) >= 11 is 0. The fourth-order valence-electron chi connectivity index (χ4n) is 1.49. The number of aryl methyl sites for hydroxylation is 1. The number of urea groups is 1. The van der Waals surface area contributed by atoms with Crippen molar-refractivity contribution in [1.29, 1.82) is 0 Å². The number of amides is 2. The number of nitrogens with one attached hydrogen (secondary N) is 2. The highest BCUT2D eigenvalue weighted by Gasteiger charge is 2.01. The van der Waals surface area contributed by atoms with E-state index in [0.29, 0.717) is 13.0 Å². The Morgan fingerprint density at radius 2 is 2.22 bits per heavy atom. The number of rotatable bonds is 6. The van der Waals surface area contributed by atoms with Crippen molar-refractivity contribution in [2.24, 2.45) is 0 Å². The van der Waals surface area contributed by atoms with Crippen LogP contribution in [0.25, 0.3) is 0 Å². The van der Waals surface area contributed by atoms with Crippen LogP contribution in [0, 0.1) is 5.82 Å². The van der Waals surface area contributed by atoms with Crippen molar-refractivity contribution in [1.82, 2.24) is 10.6 Å². The van der Waals surface area contributed by atoms with Crippen molar-refractivity contribution in [3.8, 4) is 0 Å². The Morgan fingerprint density at radius 1 is 1.44 bits per heavy atom. The molecule has 0 aliphatic rings. The molecule has 3 N–H and O–H groups in total. The van der Waals surface area contributed by atoms with Crippen LogP contribution < -0.4 is 10.6 Å². The fourth-order valence-corrected chi connectivity index (χ4v) is 1.49. The summed E-state index contributed by atoms with van der Waals surface area (Å²) in [5.74, 6) is -0.241. The molecule has 0 bridgehead atoms. The van der Waals surface area contributed by atoms with E-state index in [1.54, 1.807) is 13.0 Å². The van der Waals surface area contributed by atoms with Gasteiger partial charge in [0.05, 0.1) is 6.10 Å². The molecule has 0 saturated heterocycles. The summed E-state index contributed by atoms with van der Waals surface area (Å²) < 4.78 is 12.9. The lowest BCUT2D eigenvalue weighted by Crippen LogP contribution is -2.39. The molecule has 0 heterocycles. The lowest BCUT2D eigenvalue weighted by Gasteiger charge is -2.08. The number of aliphatic hydroxyl groups is 1. The third-order valence-electron chi connectivity index (χ3n) is 2.37. The topological polar surface area (TPSA) is 61.4 Å². The number of carbonyl (C=O) groups excluding carboxylic acids is 1. The molecule has 0 radical (unpaired) electrons. The van der Waals surface area contributed by atoms with Crippen LogP contribution >= 0.6 is 0 Å². The van der Waals surface area contributed by atoms with E-state index in [0.717, 1.165) is 12.0 Å². The summed E-state index contributed by atoms with van der Waals surface area (Å²) in [6, 6.07) is 6.14. The molecule has 1 aromatic rings. The molecule has 0 spiro atoms. The number of carbonyl (C=O) groups is 1. The minimum absolute atomic E-state index is 0.232. The van der Waals surface area contributed by atoms with Crippen molar-refractivity contribution < 1.29 is 14.3 Å². The Balaban J connectivity index is 2.13. The van der Waals surface area contributed by atoms with Gasteiger partial charge in [-0.25, -0.2) is 9.18 Å². The van der Waals surface area contributed by atoms with Crippen LogP contribution in [0.1, 0.15) is 18.9 Å². The third kappa shape index (κ3) is 6.20. The molecule has 2 amide bonds. The molecule has 1 atom stereocenters. The van der Waals surface area contributed by atoms with Gasteiger partial charge in [0, 0.05) is 13.1 Å². The maximum atomic E-state index is 12.9. The summed E-state index contributed by atoms with van der Waals surface area (Å²) in [4.78, 5) is 11.2. The van der Waals surface area contributed by atoms with Crippen molar-refractivity contribution in [3.63, 3.8) is 0 Å². The lowest BCUT2D eigenvalue weighted by atomic mass is 10.1. The maximum absolute atomic E-state index is 12.9. The van der Waals surface area contributed by atoms with Crippen LogP contribution in [0.3, 0.4) is 0 Å². The molecule has 1 aromatic carbocycles. The van der Waals surface area contributed by atoms with E-state index in [1.807, 2.05) is 6.07 Å². The Hall–Kier alpha value is -1.62. The first kappa shape index (κ1) is 14.4. The monoisotopic (exact) mass is 254 g/mol. The highest BCUT2D eigenvalue weighted by atomic mass is 19.1. The van der Waals surface area contributed by atoms with Gasteiger partial charge in [0.25, 0.3) is 0 Å². The third-order valence-corrected chi connectivity index (χ3v) is 2.37. The second-order valence-electron chi connectivity index (χ2n) is 4.22. The predicted molar refractivity (Wildman–Crippen MR) is 67.8 cm³/mol. The molecule has 1 rings (SSSR count). The second kappa shape index (κ2) is 7.66. The Bertz CT molecular complexity index is 383. The van der Waals surface area contributed by atoms with E-state index in [9.17, 15) is 9.18 Å². The number of benzene rings is 1. The summed E-state index contributed by atoms with van der Waals surface area (Å²) in [6.07, 6.45) is 0.906. The van der Waals surface area contributed by atoms with Gasteiger partial charge in [-0.1, -0.05) is 12.1 Å². The zero-order valence-corrected chi connectivity index (χ0v) is 10.4. The molecule has 100 valence electrons. The Labute approximate surface area is 106 Å². The van der Waals surface area contributed by atoms with Gasteiger partial charge < -0.3 is 15.7 Å². The van der Waals surface area contributed by atoms with Crippen LogP contribution in [0.2, 0.25) is 0 Å². The molecule has 0 aliphatic carbocycles. The Morgan fingerprint density at radius 3 is 2.89 bits per heavy atom. The SMILES string of the molecule is C[C@@H](O)CNC(=O)NCCCc1cccc(F)c1. The lowest BCUT2D eigenvalue weighted by molar-refractivity contribution is 0.187. The van der Waals surface area contributed by atoms with Gasteiger partial charge >= 0.3 is 6.03 Å². The summed E-state index contributed by atoms with van der Waals surface area (Å²) in [7, 11) is 0. The average Bonchev–Trinajstić information content (AvgIpc) is 2.32. The minimum atomic E-state index is -0.553. The number of hydrogen-bond acceptors (Lipinski definition) is 2. The summed E-state index contributed by atoms with van der Waals surface area (Å²) in [5, 5.41) is 14.2. The number of aliphatic hydroxyl groups excluding tert-OH is 1. The van der Waals surface area contributed by atoms with Gasteiger partial charge in [0.15, 0.2) is 0 Å². The first-order chi connectivity index (χ1) is 8.58. The maximum Gasteiger partial charge on any atom is 0.314 e. The van der Waals surface area contributed by atoms with Crippen LogP contribution in [0.4, 0.5) is 9.18 Å². The van der Waals surface area contributed by atoms with E-state index in [-0.39, 0.29) is 18.4 Å². The van der Waals surface area contributed by atoms with Crippen LogP contribution in [-0.4, -0.2) is 30.3 Å². The molecule has 0 saturated carbocycles. The van der Waals surface area contributed by atoms with Crippen molar-refractivity contribution in [2.75, 3.05) is 13.1 Å². The molecule has 4 nitrogen and oxygen atoms in total. The smallest absolute Gasteiger partial charge is 0.314 e. The van der Waals surface area contributed by atoms with E-state index >= 15 is 0 Å². The van der Waals surface area contributed by atoms with Crippen LogP contribution in [0.5, 0.6) is 0 Å². The predicted octanol–water partition coefficient (Wildman–Crippen LogP) is 1.44. The highest BCUT2D eigenvalue weighted by Crippen LogP contribution is 2.05. The molecule has 18 heavy (non-hydrogen) atoms. The zero-order valence-electron chi connectivity index (χ0n) is 10.4. The quantitative estimate of drug-likeness (QED) is 0.673. The minimum Gasteiger partial charge on any atom is -0.392 e. The summed E-state index contributed by atoms with van der Waals surface area (Å²) in [5.41, 5.74) is 0.918. The van der Waals surface area contributed by atoms with E-state index in [1.165, 1.54) is 12.1 Å². The van der Waals surface area contributed by atoms with Crippen LogP contribution in [-0.2, 0) is 6.42 Å². The van der Waals surface area contributed by atoms with Gasteiger partial charge in [-0.2, -0.15) is 0 Å². The standard InChI is InChI=1S/C13H19FN2O2/c1-10(17)9-16-13(18)15-7-3-5-11-4-2-6-12(14)8-11/h2,4,6,8,10,17H,3,5,7,9H2,1H3,(H2,15,16,18)/t10-/m1/s1. The van der Waals surface area contributed by atoms with Gasteiger partial charge in [0.1, 0.15) is 5.82 Å². The van der Waals surface area contributed by atoms with E-state index in [4.69, 9.17) is 5.11 Å². The van der Waals surface area contributed by atoms with Gasteiger partial charge in [0.2, 0.25) is 0 Å². The second-order valence-corrected chi connectivity index (χ2v) is 4.22. The van der Waals surface area contributed by atoms with Crippen molar-refractivity contribution in [3.05, 3.63) is 35.6 Å². The number of hydrogen-bond donors (Lipinski definition) is 3. The van der Waals surface area contributed by atoms with Gasteiger partial charge in [-0.05, 0) is 37.5 Å². The van der Waals surface area contributed by atoms with E-state index in [2.05, 4.69) is 10.6 Å². The molecular formula is C13H19FN2O2. The molecule has 0 aromatic heterocycles. The van der Waals surface area contributed by atoms with Gasteiger partial charge in [-0.15, -0.1) is 0 Å². The molecule has 5 heteroatoms. The van der Waals surface area contributed by atoms with Crippen LogP contribution in [0.15, 0.2) is 24.3 Å².